The van der Waals surface area contributed by atoms with E-state index in [0.717, 1.165) is 22.0 Å². The number of para-hydroxylation sites is 1. The highest BCUT2D eigenvalue weighted by atomic mass is 16.5. The molecule has 11 nitrogen and oxygen atoms in total. The minimum Gasteiger partial charge on any atom is -0.461 e. The van der Waals surface area contributed by atoms with E-state index in [1.165, 1.54) is 6.92 Å². The summed E-state index contributed by atoms with van der Waals surface area (Å²) in [4.78, 5) is 67.0. The first-order valence-electron chi connectivity index (χ1n) is 13.8. The van der Waals surface area contributed by atoms with E-state index >= 15 is 0 Å². The van der Waals surface area contributed by atoms with Crippen LogP contribution >= 0.6 is 0 Å². The van der Waals surface area contributed by atoms with E-state index < -0.39 is 53.7 Å². The van der Waals surface area contributed by atoms with Crippen LogP contribution in [-0.2, 0) is 41.6 Å². The summed E-state index contributed by atoms with van der Waals surface area (Å²) in [6.45, 7) is 4.68. The van der Waals surface area contributed by atoms with Crippen molar-refractivity contribution in [2.24, 2.45) is 0 Å². The Hall–Kier alpha value is -4.80. The predicted octanol–water partition coefficient (Wildman–Crippen LogP) is 2.38. The van der Waals surface area contributed by atoms with Crippen molar-refractivity contribution in [1.82, 2.24) is 20.9 Å². The number of fused-ring (bicyclic) bond motifs is 1. The molecule has 0 spiro atoms. The molecule has 3 rings (SSSR count). The van der Waals surface area contributed by atoms with Gasteiger partial charge in [0.2, 0.25) is 17.7 Å². The molecule has 0 aliphatic rings. The number of ketones is 1. The molecule has 0 radical (unpaired) electrons. The smallest absolute Gasteiger partial charge is 0.329 e. The summed E-state index contributed by atoms with van der Waals surface area (Å²) < 4.78 is 5.36. The van der Waals surface area contributed by atoms with E-state index in [-0.39, 0.29) is 25.7 Å². The molecule has 42 heavy (non-hydrogen) atoms. The van der Waals surface area contributed by atoms with Crippen LogP contribution in [0, 0.1) is 5.41 Å². The third kappa shape index (κ3) is 9.39. The number of aromatic amines is 1. The summed E-state index contributed by atoms with van der Waals surface area (Å²) in [5, 5.41) is 16.1. The summed E-state index contributed by atoms with van der Waals surface area (Å²) in [7, 11) is 0. The molecule has 3 aromatic rings. The van der Waals surface area contributed by atoms with Gasteiger partial charge in [-0.15, -0.1) is 0 Å². The van der Waals surface area contributed by atoms with E-state index in [4.69, 9.17) is 10.1 Å². The van der Waals surface area contributed by atoms with Crippen LogP contribution < -0.4 is 16.0 Å². The standard InChI is InChI=1S/C31H37N5O6/c1-19(2)42-31(41)28(15-21-9-5-4-6-10-21)36-29(39)26(14-13-23(38)17-32)35-30(40)27(34-20(3)37)16-22-18-33-25-12-8-7-11-24(22)25/h4-12,17-19,26-28,32-33H,13-16H2,1-3H3,(H,34,37)(H,35,40)(H,36,39)/t26-,27-,28-/m0/s1. The summed E-state index contributed by atoms with van der Waals surface area (Å²) in [6, 6.07) is 13.3. The van der Waals surface area contributed by atoms with Crippen molar-refractivity contribution >= 4 is 46.6 Å². The second-order valence-corrected chi connectivity index (χ2v) is 10.3. The largest absolute Gasteiger partial charge is 0.461 e. The Morgan fingerprint density at radius 2 is 1.50 bits per heavy atom. The van der Waals surface area contributed by atoms with Crippen LogP contribution in [0.5, 0.6) is 0 Å². The number of rotatable bonds is 15. The maximum absolute atomic E-state index is 13.5. The maximum Gasteiger partial charge on any atom is 0.329 e. The number of amides is 3. The summed E-state index contributed by atoms with van der Waals surface area (Å²) >= 11 is 0. The molecular weight excluding hydrogens is 538 g/mol. The second-order valence-electron chi connectivity index (χ2n) is 10.3. The first-order chi connectivity index (χ1) is 20.1. The SMILES string of the molecule is CC(=O)N[C@@H](Cc1c[nH]c2ccccc12)C(=O)N[C@@H](CCC(=O)C=N)C(=O)N[C@@H](Cc1ccccc1)C(=O)OC(C)C. The van der Waals surface area contributed by atoms with Crippen molar-refractivity contribution in [3.05, 3.63) is 71.9 Å². The van der Waals surface area contributed by atoms with Crippen LogP contribution in [0.15, 0.2) is 60.8 Å². The Balaban J connectivity index is 1.83. The van der Waals surface area contributed by atoms with Gasteiger partial charge in [-0.3, -0.25) is 19.2 Å². The topological polar surface area (TPSA) is 170 Å². The van der Waals surface area contributed by atoms with E-state index in [1.807, 2.05) is 54.6 Å². The van der Waals surface area contributed by atoms with Gasteiger partial charge < -0.3 is 31.1 Å². The number of H-pyrrole nitrogens is 1. The zero-order valence-electron chi connectivity index (χ0n) is 23.9. The van der Waals surface area contributed by atoms with Crippen LogP contribution in [0.4, 0.5) is 0 Å². The first kappa shape index (κ1) is 31.7. The zero-order valence-corrected chi connectivity index (χ0v) is 23.9. The van der Waals surface area contributed by atoms with Crippen LogP contribution in [0.25, 0.3) is 10.9 Å². The molecular formula is C31H37N5O6. The van der Waals surface area contributed by atoms with Gasteiger partial charge in [-0.1, -0.05) is 48.5 Å². The quantitative estimate of drug-likeness (QED) is 0.138. The van der Waals surface area contributed by atoms with Crippen molar-refractivity contribution in [2.75, 3.05) is 0 Å². The average molecular weight is 576 g/mol. The fourth-order valence-corrected chi connectivity index (χ4v) is 4.50. The van der Waals surface area contributed by atoms with Gasteiger partial charge in [-0.2, -0.15) is 0 Å². The molecule has 1 aromatic heterocycles. The fourth-order valence-electron chi connectivity index (χ4n) is 4.50. The lowest BCUT2D eigenvalue weighted by atomic mass is 10.0. The lowest BCUT2D eigenvalue weighted by Crippen LogP contribution is -2.56. The van der Waals surface area contributed by atoms with Crippen LogP contribution in [0.2, 0.25) is 0 Å². The van der Waals surface area contributed by atoms with Gasteiger partial charge in [0.05, 0.1) is 12.3 Å². The molecule has 1 heterocycles. The molecule has 0 saturated heterocycles. The third-order valence-corrected chi connectivity index (χ3v) is 6.50. The van der Waals surface area contributed by atoms with Gasteiger partial charge in [0.15, 0.2) is 5.78 Å². The summed E-state index contributed by atoms with van der Waals surface area (Å²) in [5.41, 5.74) is 2.45. The molecule has 0 aliphatic carbocycles. The third-order valence-electron chi connectivity index (χ3n) is 6.50. The molecule has 222 valence electrons. The molecule has 5 N–H and O–H groups in total. The number of Topliss-reactive ketones (excluding diaryl/α,β-unsaturated/α-hetero) is 1. The highest BCUT2D eigenvalue weighted by Gasteiger charge is 2.31. The molecule has 3 amide bonds. The van der Waals surface area contributed by atoms with Crippen molar-refractivity contribution < 1.29 is 28.7 Å². The number of ether oxygens (including phenoxy) is 1. The van der Waals surface area contributed by atoms with E-state index in [2.05, 4.69) is 20.9 Å². The minimum absolute atomic E-state index is 0.122. The molecule has 2 aromatic carbocycles. The minimum atomic E-state index is -1.23. The predicted molar refractivity (Wildman–Crippen MR) is 158 cm³/mol. The number of nitrogens with one attached hydrogen (secondary N) is 5. The number of hydrogen-bond donors (Lipinski definition) is 5. The number of hydrogen-bond acceptors (Lipinski definition) is 7. The van der Waals surface area contributed by atoms with Gasteiger partial charge in [-0.05, 0) is 37.5 Å². The van der Waals surface area contributed by atoms with Crippen LogP contribution in [0.3, 0.4) is 0 Å². The number of aromatic nitrogens is 1. The summed E-state index contributed by atoms with van der Waals surface area (Å²) in [6.07, 6.45) is 1.96. The van der Waals surface area contributed by atoms with E-state index in [1.54, 1.807) is 20.0 Å². The number of esters is 1. The van der Waals surface area contributed by atoms with Gasteiger partial charge in [0.25, 0.3) is 0 Å². The van der Waals surface area contributed by atoms with Crippen LogP contribution in [0.1, 0.15) is 44.7 Å². The Morgan fingerprint density at radius 3 is 2.17 bits per heavy atom. The number of benzene rings is 2. The van der Waals surface area contributed by atoms with Crippen molar-refractivity contribution in [1.29, 1.82) is 5.41 Å². The molecule has 0 bridgehead atoms. The maximum atomic E-state index is 13.5. The molecule has 11 heteroatoms. The van der Waals surface area contributed by atoms with E-state index in [0.29, 0.717) is 6.21 Å². The van der Waals surface area contributed by atoms with Crippen molar-refractivity contribution in [3.63, 3.8) is 0 Å². The Bertz CT molecular complexity index is 1420. The van der Waals surface area contributed by atoms with Crippen LogP contribution in [-0.4, -0.2) is 64.9 Å². The first-order valence-corrected chi connectivity index (χ1v) is 13.8. The van der Waals surface area contributed by atoms with Crippen molar-refractivity contribution in [2.45, 2.75) is 70.7 Å². The second kappa shape index (κ2) is 15.3. The monoisotopic (exact) mass is 575 g/mol. The lowest BCUT2D eigenvalue weighted by molar-refractivity contribution is -0.151. The molecule has 3 atom stereocenters. The number of carbonyl (C=O) groups excluding carboxylic acids is 5. The highest BCUT2D eigenvalue weighted by Crippen LogP contribution is 2.19. The number of carbonyl (C=O) groups is 5. The van der Waals surface area contributed by atoms with Gasteiger partial charge in [0, 0.05) is 43.3 Å². The van der Waals surface area contributed by atoms with Gasteiger partial charge >= 0.3 is 5.97 Å². The summed E-state index contributed by atoms with van der Waals surface area (Å²) in [5.74, 6) is -2.94. The zero-order chi connectivity index (χ0) is 30.6. The lowest BCUT2D eigenvalue weighted by Gasteiger charge is -2.25. The average Bonchev–Trinajstić information content (AvgIpc) is 3.36. The normalized spacial score (nSPS) is 13.0. The fraction of sp³-hybridized carbons (Fsp3) is 0.355. The Morgan fingerprint density at radius 1 is 0.857 bits per heavy atom. The van der Waals surface area contributed by atoms with Crippen molar-refractivity contribution in [3.8, 4) is 0 Å². The van der Waals surface area contributed by atoms with Gasteiger partial charge in [-0.25, -0.2) is 4.79 Å². The molecule has 0 unspecified atom stereocenters. The molecule has 0 fully saturated rings. The Labute approximate surface area is 244 Å². The molecule has 0 aliphatic heterocycles. The highest BCUT2D eigenvalue weighted by molar-refractivity contribution is 6.26. The van der Waals surface area contributed by atoms with Gasteiger partial charge in [0.1, 0.15) is 18.1 Å². The molecule has 0 saturated carbocycles. The van der Waals surface area contributed by atoms with E-state index in [9.17, 15) is 24.0 Å². The Kier molecular flexibility index (Phi) is 11.5.